The van der Waals surface area contributed by atoms with Gasteiger partial charge in [0.05, 0.1) is 10.2 Å². The van der Waals surface area contributed by atoms with Gasteiger partial charge in [0.2, 0.25) is 0 Å². The van der Waals surface area contributed by atoms with Crippen molar-refractivity contribution in [3.63, 3.8) is 0 Å². The van der Waals surface area contributed by atoms with Crippen LogP contribution in [0.25, 0.3) is 0 Å². The average Bonchev–Trinajstić information content (AvgIpc) is 2.32. The molecule has 1 saturated carbocycles. The number of rotatable bonds is 1. The molecule has 0 saturated heterocycles. The average molecular weight is 332 g/mol. The Morgan fingerprint density at radius 2 is 1.72 bits per heavy atom. The summed E-state index contributed by atoms with van der Waals surface area (Å²) in [6.07, 6.45) is 6.30. The molecule has 18 heavy (non-hydrogen) atoms. The Morgan fingerprint density at radius 3 is 2.28 bits per heavy atom. The van der Waals surface area contributed by atoms with Gasteiger partial charge in [-0.2, -0.15) is 0 Å². The highest BCUT2D eigenvalue weighted by atomic mass is 79.9. The smallest absolute Gasteiger partial charge is 0.147 e. The zero-order valence-electron chi connectivity index (χ0n) is 11.3. The van der Waals surface area contributed by atoms with E-state index in [2.05, 4.69) is 41.7 Å². The molecule has 1 aliphatic rings. The summed E-state index contributed by atoms with van der Waals surface area (Å²) in [5, 5.41) is 0.551. The fourth-order valence-electron chi connectivity index (χ4n) is 2.48. The van der Waals surface area contributed by atoms with Crippen molar-refractivity contribution >= 4 is 27.5 Å². The molecule has 2 rings (SSSR count). The van der Waals surface area contributed by atoms with Gasteiger partial charge in [-0.15, -0.1) is 0 Å². The molecule has 0 bridgehead atoms. The van der Waals surface area contributed by atoms with Crippen molar-refractivity contribution in [3.8, 4) is 0 Å². The summed E-state index contributed by atoms with van der Waals surface area (Å²) in [5.41, 5.74) is 0.998. The van der Waals surface area contributed by atoms with Gasteiger partial charge >= 0.3 is 0 Å². The molecule has 0 atom stereocenters. The van der Waals surface area contributed by atoms with Crippen molar-refractivity contribution in [2.45, 2.75) is 64.2 Å². The van der Waals surface area contributed by atoms with Crippen LogP contribution in [0.15, 0.2) is 4.47 Å². The van der Waals surface area contributed by atoms with Gasteiger partial charge in [-0.05, 0) is 28.8 Å². The van der Waals surface area contributed by atoms with Crippen LogP contribution >= 0.6 is 27.5 Å². The van der Waals surface area contributed by atoms with E-state index in [1.807, 2.05) is 0 Å². The Kier molecular flexibility index (Phi) is 4.32. The predicted molar refractivity (Wildman–Crippen MR) is 79.3 cm³/mol. The molecule has 0 radical (unpaired) electrons. The molecule has 1 aromatic heterocycles. The summed E-state index contributed by atoms with van der Waals surface area (Å²) < 4.78 is 0.844. The molecule has 1 heterocycles. The number of aromatic nitrogens is 2. The van der Waals surface area contributed by atoms with E-state index in [1.165, 1.54) is 32.1 Å². The van der Waals surface area contributed by atoms with Crippen LogP contribution in [0.5, 0.6) is 0 Å². The number of hydrogen-bond acceptors (Lipinski definition) is 2. The van der Waals surface area contributed by atoms with Gasteiger partial charge in [-0.3, -0.25) is 0 Å². The van der Waals surface area contributed by atoms with Crippen LogP contribution < -0.4 is 0 Å². The van der Waals surface area contributed by atoms with E-state index in [0.29, 0.717) is 11.1 Å². The second kappa shape index (κ2) is 5.46. The van der Waals surface area contributed by atoms with E-state index in [4.69, 9.17) is 16.6 Å². The minimum absolute atomic E-state index is 0.0190. The molecule has 0 aromatic carbocycles. The Hall–Kier alpha value is -0.150. The Bertz CT molecular complexity index is 434. The second-order valence-electron chi connectivity index (χ2n) is 6.12. The van der Waals surface area contributed by atoms with E-state index in [-0.39, 0.29) is 5.41 Å². The first-order valence-corrected chi connectivity index (χ1v) is 7.80. The van der Waals surface area contributed by atoms with Gasteiger partial charge in [-0.1, -0.05) is 51.6 Å². The lowest BCUT2D eigenvalue weighted by Crippen LogP contribution is -2.19. The van der Waals surface area contributed by atoms with Crippen LogP contribution in [0.3, 0.4) is 0 Å². The molecule has 0 N–H and O–H groups in total. The largest absolute Gasteiger partial charge is 0.236 e. The highest BCUT2D eigenvalue weighted by Crippen LogP contribution is 2.36. The fraction of sp³-hybridized carbons (Fsp3) is 0.714. The van der Waals surface area contributed by atoms with Gasteiger partial charge < -0.3 is 0 Å². The molecule has 100 valence electrons. The van der Waals surface area contributed by atoms with Crippen LogP contribution in [0, 0.1) is 0 Å². The topological polar surface area (TPSA) is 25.8 Å². The molecule has 0 amide bonds. The number of hydrogen-bond donors (Lipinski definition) is 0. The molecule has 1 fully saturated rings. The van der Waals surface area contributed by atoms with Gasteiger partial charge in [-0.25, -0.2) is 9.97 Å². The van der Waals surface area contributed by atoms with Crippen molar-refractivity contribution < 1.29 is 0 Å². The van der Waals surface area contributed by atoms with E-state index in [0.717, 1.165) is 16.0 Å². The van der Waals surface area contributed by atoms with E-state index in [9.17, 15) is 0 Å². The first-order chi connectivity index (χ1) is 8.39. The molecule has 1 aromatic rings. The van der Waals surface area contributed by atoms with E-state index < -0.39 is 0 Å². The van der Waals surface area contributed by atoms with Crippen molar-refractivity contribution in [1.29, 1.82) is 0 Å². The molecule has 2 nitrogen and oxygen atoms in total. The maximum absolute atomic E-state index is 6.25. The number of halogens is 2. The molecular formula is C14H20BrClN2. The molecular weight excluding hydrogens is 312 g/mol. The summed E-state index contributed by atoms with van der Waals surface area (Å²) in [7, 11) is 0. The summed E-state index contributed by atoms with van der Waals surface area (Å²) in [4.78, 5) is 9.26. The fourth-order valence-corrected chi connectivity index (χ4v) is 3.42. The third kappa shape index (κ3) is 3.05. The first kappa shape index (κ1) is 14.3. The van der Waals surface area contributed by atoms with Crippen LogP contribution in [0.1, 0.15) is 70.3 Å². The van der Waals surface area contributed by atoms with Gasteiger partial charge in [0, 0.05) is 11.3 Å². The lowest BCUT2D eigenvalue weighted by Gasteiger charge is -2.24. The third-order valence-electron chi connectivity index (χ3n) is 3.51. The lowest BCUT2D eigenvalue weighted by molar-refractivity contribution is 0.424. The standard InChI is InChI=1S/C14H20BrClN2/c1-14(2,3)11-10(15)12(16)18-13(17-11)9-7-5-4-6-8-9/h9H,4-8H2,1-3H3. The van der Waals surface area contributed by atoms with Gasteiger partial charge in [0.15, 0.2) is 0 Å². The lowest BCUT2D eigenvalue weighted by atomic mass is 9.87. The van der Waals surface area contributed by atoms with Crippen LogP contribution in [-0.2, 0) is 5.41 Å². The Morgan fingerprint density at radius 1 is 1.11 bits per heavy atom. The van der Waals surface area contributed by atoms with Gasteiger partial charge in [0.1, 0.15) is 11.0 Å². The van der Waals surface area contributed by atoms with Crippen molar-refractivity contribution in [2.24, 2.45) is 0 Å². The third-order valence-corrected chi connectivity index (χ3v) is 4.76. The molecule has 4 heteroatoms. The zero-order valence-corrected chi connectivity index (χ0v) is 13.6. The van der Waals surface area contributed by atoms with Crippen LogP contribution in [-0.4, -0.2) is 9.97 Å². The quantitative estimate of drug-likeness (QED) is 0.658. The van der Waals surface area contributed by atoms with Crippen LogP contribution in [0.2, 0.25) is 5.15 Å². The Labute approximate surface area is 123 Å². The zero-order chi connectivity index (χ0) is 13.3. The summed E-state index contributed by atoms with van der Waals surface area (Å²) in [6, 6.07) is 0. The summed E-state index contributed by atoms with van der Waals surface area (Å²) in [5.74, 6) is 1.43. The summed E-state index contributed by atoms with van der Waals surface area (Å²) >= 11 is 9.76. The normalized spacial score (nSPS) is 18.1. The Balaban J connectivity index is 2.40. The molecule has 0 spiro atoms. The molecule has 0 aliphatic heterocycles. The van der Waals surface area contributed by atoms with E-state index in [1.54, 1.807) is 0 Å². The maximum Gasteiger partial charge on any atom is 0.147 e. The minimum atomic E-state index is -0.0190. The SMILES string of the molecule is CC(C)(C)c1nc(C2CCCCC2)nc(Cl)c1Br. The molecule has 1 aliphatic carbocycles. The van der Waals surface area contributed by atoms with Crippen molar-refractivity contribution in [3.05, 3.63) is 21.1 Å². The highest BCUT2D eigenvalue weighted by molar-refractivity contribution is 9.10. The van der Waals surface area contributed by atoms with Gasteiger partial charge in [0.25, 0.3) is 0 Å². The maximum atomic E-state index is 6.25. The second-order valence-corrected chi connectivity index (χ2v) is 7.27. The summed E-state index contributed by atoms with van der Waals surface area (Å²) in [6.45, 7) is 6.46. The first-order valence-electron chi connectivity index (χ1n) is 6.63. The van der Waals surface area contributed by atoms with Crippen molar-refractivity contribution in [2.75, 3.05) is 0 Å². The van der Waals surface area contributed by atoms with Crippen molar-refractivity contribution in [1.82, 2.24) is 9.97 Å². The molecule has 0 unspecified atom stereocenters. The number of nitrogens with zero attached hydrogens (tertiary/aromatic N) is 2. The predicted octanol–water partition coefficient (Wildman–Crippen LogP) is 5.24. The monoisotopic (exact) mass is 330 g/mol. The highest BCUT2D eigenvalue weighted by Gasteiger charge is 2.26. The van der Waals surface area contributed by atoms with E-state index >= 15 is 0 Å². The minimum Gasteiger partial charge on any atom is -0.236 e. The van der Waals surface area contributed by atoms with Crippen LogP contribution in [0.4, 0.5) is 0 Å².